The summed E-state index contributed by atoms with van der Waals surface area (Å²) in [4.78, 5) is 19.0. The number of aromatic amines is 1. The van der Waals surface area contributed by atoms with Gasteiger partial charge < -0.3 is 10.3 Å². The van der Waals surface area contributed by atoms with E-state index in [0.717, 1.165) is 27.9 Å². The van der Waals surface area contributed by atoms with Crippen molar-refractivity contribution in [3.63, 3.8) is 0 Å². The molecule has 1 aromatic carbocycles. The maximum atomic E-state index is 13.6. The summed E-state index contributed by atoms with van der Waals surface area (Å²) < 4.78 is 13.6. The van der Waals surface area contributed by atoms with Crippen LogP contribution in [0.3, 0.4) is 0 Å². The Morgan fingerprint density at radius 1 is 1.35 bits per heavy atom. The Labute approximate surface area is 133 Å². The van der Waals surface area contributed by atoms with Gasteiger partial charge in [0.05, 0.1) is 11.4 Å². The predicted molar refractivity (Wildman–Crippen MR) is 88.4 cm³/mol. The van der Waals surface area contributed by atoms with Crippen LogP contribution in [0.25, 0.3) is 22.3 Å². The molecule has 0 saturated carbocycles. The van der Waals surface area contributed by atoms with Gasteiger partial charge in [-0.05, 0) is 48.4 Å². The molecule has 0 fully saturated rings. The third-order valence-electron chi connectivity index (χ3n) is 3.65. The van der Waals surface area contributed by atoms with E-state index >= 15 is 0 Å². The van der Waals surface area contributed by atoms with Crippen LogP contribution in [0, 0.1) is 5.82 Å². The number of hydrogen-bond donors (Lipinski definition) is 2. The molecule has 1 amide bonds. The van der Waals surface area contributed by atoms with Crippen LogP contribution in [0.5, 0.6) is 0 Å². The van der Waals surface area contributed by atoms with Crippen molar-refractivity contribution in [1.29, 1.82) is 0 Å². The van der Waals surface area contributed by atoms with E-state index in [0.29, 0.717) is 13.0 Å². The van der Waals surface area contributed by atoms with Gasteiger partial charge in [-0.2, -0.15) is 0 Å². The van der Waals surface area contributed by atoms with Crippen LogP contribution in [0.1, 0.15) is 5.56 Å². The van der Waals surface area contributed by atoms with Gasteiger partial charge in [-0.3, -0.25) is 9.78 Å². The van der Waals surface area contributed by atoms with Gasteiger partial charge in [-0.25, -0.2) is 4.39 Å². The van der Waals surface area contributed by atoms with Crippen molar-refractivity contribution in [2.24, 2.45) is 0 Å². The molecule has 116 valence electrons. The van der Waals surface area contributed by atoms with Crippen molar-refractivity contribution in [3.8, 4) is 11.4 Å². The lowest BCUT2D eigenvalue weighted by molar-refractivity contribution is -0.116. The van der Waals surface area contributed by atoms with Crippen LogP contribution >= 0.6 is 0 Å². The number of nitrogens with zero attached hydrogens (tertiary/aromatic N) is 1. The van der Waals surface area contributed by atoms with Gasteiger partial charge in [0.25, 0.3) is 0 Å². The van der Waals surface area contributed by atoms with Gasteiger partial charge in [0.2, 0.25) is 5.91 Å². The first-order chi connectivity index (χ1) is 11.2. The standard InChI is InChI=1S/C18H16FN3O/c1-2-17(23)21-10-8-13-14-11-12(19)6-7-15(14)22-18(13)16-5-3-4-9-20-16/h2-7,9,11,22H,1,8,10H2,(H,21,23). The predicted octanol–water partition coefficient (Wildman–Crippen LogP) is 3.21. The van der Waals surface area contributed by atoms with E-state index in [2.05, 4.69) is 21.9 Å². The van der Waals surface area contributed by atoms with Crippen molar-refractivity contribution in [1.82, 2.24) is 15.3 Å². The number of halogens is 1. The molecule has 2 heterocycles. The number of benzene rings is 1. The first-order valence-corrected chi connectivity index (χ1v) is 7.31. The minimum atomic E-state index is -0.291. The zero-order chi connectivity index (χ0) is 16.2. The van der Waals surface area contributed by atoms with Crippen molar-refractivity contribution in [2.75, 3.05) is 6.54 Å². The van der Waals surface area contributed by atoms with Gasteiger partial charge in [0, 0.05) is 23.6 Å². The van der Waals surface area contributed by atoms with E-state index in [9.17, 15) is 9.18 Å². The fourth-order valence-corrected chi connectivity index (χ4v) is 2.59. The lowest BCUT2D eigenvalue weighted by Gasteiger charge is -2.05. The van der Waals surface area contributed by atoms with E-state index in [1.54, 1.807) is 12.3 Å². The molecule has 0 atom stereocenters. The molecule has 0 bridgehead atoms. The Morgan fingerprint density at radius 2 is 2.22 bits per heavy atom. The number of carbonyl (C=O) groups excluding carboxylic acids is 1. The van der Waals surface area contributed by atoms with Crippen LogP contribution < -0.4 is 5.32 Å². The van der Waals surface area contributed by atoms with Crippen molar-refractivity contribution in [3.05, 3.63) is 66.6 Å². The quantitative estimate of drug-likeness (QED) is 0.711. The van der Waals surface area contributed by atoms with E-state index in [1.165, 1.54) is 18.2 Å². The Balaban J connectivity index is 2.02. The van der Waals surface area contributed by atoms with E-state index in [4.69, 9.17) is 0 Å². The van der Waals surface area contributed by atoms with E-state index < -0.39 is 0 Å². The highest BCUT2D eigenvalue weighted by Gasteiger charge is 2.14. The number of H-pyrrole nitrogens is 1. The molecule has 0 aliphatic heterocycles. The Morgan fingerprint density at radius 3 is 2.96 bits per heavy atom. The van der Waals surface area contributed by atoms with Crippen LogP contribution in [0.2, 0.25) is 0 Å². The number of nitrogens with one attached hydrogen (secondary N) is 2. The first-order valence-electron chi connectivity index (χ1n) is 7.31. The van der Waals surface area contributed by atoms with Gasteiger partial charge in [-0.15, -0.1) is 0 Å². The first kappa shape index (κ1) is 15.0. The van der Waals surface area contributed by atoms with Gasteiger partial charge in [-0.1, -0.05) is 12.6 Å². The molecule has 3 rings (SSSR count). The molecule has 0 unspecified atom stereocenters. The maximum Gasteiger partial charge on any atom is 0.243 e. The van der Waals surface area contributed by atoms with Crippen LogP contribution in [0.15, 0.2) is 55.3 Å². The average Bonchev–Trinajstić information content (AvgIpc) is 2.93. The minimum absolute atomic E-state index is 0.226. The highest BCUT2D eigenvalue weighted by Crippen LogP contribution is 2.30. The molecular formula is C18H16FN3O. The third-order valence-corrected chi connectivity index (χ3v) is 3.65. The highest BCUT2D eigenvalue weighted by atomic mass is 19.1. The summed E-state index contributed by atoms with van der Waals surface area (Å²) in [6.07, 6.45) is 3.51. The number of amides is 1. The molecule has 4 nitrogen and oxygen atoms in total. The third kappa shape index (κ3) is 3.13. The molecule has 0 aliphatic rings. The number of carbonyl (C=O) groups is 1. The zero-order valence-electron chi connectivity index (χ0n) is 12.5. The summed E-state index contributed by atoms with van der Waals surface area (Å²) in [7, 11) is 0. The molecule has 23 heavy (non-hydrogen) atoms. The van der Waals surface area contributed by atoms with Gasteiger partial charge in [0.1, 0.15) is 5.82 Å². The van der Waals surface area contributed by atoms with E-state index in [1.807, 2.05) is 18.2 Å². The summed E-state index contributed by atoms with van der Waals surface area (Å²) in [6.45, 7) is 3.86. The smallest absolute Gasteiger partial charge is 0.243 e. The van der Waals surface area contributed by atoms with Crippen molar-refractivity contribution < 1.29 is 9.18 Å². The molecule has 2 N–H and O–H groups in total. The van der Waals surface area contributed by atoms with Gasteiger partial charge in [0.15, 0.2) is 0 Å². The summed E-state index contributed by atoms with van der Waals surface area (Å²) in [5.41, 5.74) is 3.41. The normalized spacial score (nSPS) is 10.7. The number of aromatic nitrogens is 2. The highest BCUT2D eigenvalue weighted by molar-refractivity contribution is 5.90. The minimum Gasteiger partial charge on any atom is -0.353 e. The molecule has 3 aromatic rings. The molecular weight excluding hydrogens is 293 g/mol. The zero-order valence-corrected chi connectivity index (χ0v) is 12.5. The van der Waals surface area contributed by atoms with E-state index in [-0.39, 0.29) is 11.7 Å². The second-order valence-electron chi connectivity index (χ2n) is 5.13. The SMILES string of the molecule is C=CC(=O)NCCc1c(-c2ccccn2)[nH]c2ccc(F)cc12. The Hall–Kier alpha value is -2.95. The molecule has 0 spiro atoms. The number of rotatable bonds is 5. The number of fused-ring (bicyclic) bond motifs is 1. The van der Waals surface area contributed by atoms with Crippen molar-refractivity contribution in [2.45, 2.75) is 6.42 Å². The molecule has 0 saturated heterocycles. The van der Waals surface area contributed by atoms with Crippen LogP contribution in [-0.4, -0.2) is 22.4 Å². The summed E-state index contributed by atoms with van der Waals surface area (Å²) in [5, 5.41) is 3.55. The van der Waals surface area contributed by atoms with Gasteiger partial charge >= 0.3 is 0 Å². The monoisotopic (exact) mass is 309 g/mol. The molecule has 0 radical (unpaired) electrons. The Bertz CT molecular complexity index is 855. The lowest BCUT2D eigenvalue weighted by atomic mass is 10.1. The van der Waals surface area contributed by atoms with Crippen LogP contribution in [0.4, 0.5) is 4.39 Å². The summed E-state index contributed by atoms with van der Waals surface area (Å²) >= 11 is 0. The molecule has 2 aromatic heterocycles. The second kappa shape index (κ2) is 6.44. The topological polar surface area (TPSA) is 57.8 Å². The lowest BCUT2D eigenvalue weighted by Crippen LogP contribution is -2.23. The largest absolute Gasteiger partial charge is 0.353 e. The maximum absolute atomic E-state index is 13.6. The fraction of sp³-hybridized carbons (Fsp3) is 0.111. The number of hydrogen-bond acceptors (Lipinski definition) is 2. The summed E-state index contributed by atoms with van der Waals surface area (Å²) in [5.74, 6) is -0.518. The fourth-order valence-electron chi connectivity index (χ4n) is 2.59. The Kier molecular flexibility index (Phi) is 4.19. The molecule has 5 heteroatoms. The second-order valence-corrected chi connectivity index (χ2v) is 5.13. The summed E-state index contributed by atoms with van der Waals surface area (Å²) in [6, 6.07) is 10.3. The van der Waals surface area contributed by atoms with Crippen molar-refractivity contribution >= 4 is 16.8 Å². The average molecular weight is 309 g/mol. The van der Waals surface area contributed by atoms with Crippen LogP contribution in [-0.2, 0) is 11.2 Å². The number of pyridine rings is 1. The molecule has 0 aliphatic carbocycles.